The molecule has 0 saturated carbocycles. The van der Waals surface area contributed by atoms with E-state index in [2.05, 4.69) is 82.7 Å². The molecule has 1 fully saturated rings. The topological polar surface area (TPSA) is 101 Å². The smallest absolute Gasteiger partial charge is 0.224 e. The monoisotopic (exact) mass is 540 g/mol. The molecule has 3 heterocycles. The molecule has 0 aromatic carbocycles. The van der Waals surface area contributed by atoms with Gasteiger partial charge in [0, 0.05) is 14.1 Å². The Morgan fingerprint density at radius 3 is 2.17 bits per heavy atom. The lowest BCUT2D eigenvalue weighted by molar-refractivity contribution is -0.0421. The summed E-state index contributed by atoms with van der Waals surface area (Å²) in [4.78, 5) is 15.0. The lowest BCUT2D eigenvalue weighted by Crippen LogP contribution is -2.50. The van der Waals surface area contributed by atoms with Crippen molar-refractivity contribution >= 4 is 39.6 Å². The van der Waals surface area contributed by atoms with Gasteiger partial charge < -0.3 is 24.2 Å². The van der Waals surface area contributed by atoms with E-state index < -0.39 is 41.2 Å². The number of hydrogen-bond acceptors (Lipinski definition) is 8. The summed E-state index contributed by atoms with van der Waals surface area (Å²) in [6.07, 6.45) is -2.21. The number of nitrogens with two attached hydrogens (primary N) is 1. The van der Waals surface area contributed by atoms with Gasteiger partial charge in [-0.1, -0.05) is 41.5 Å². The molecule has 0 amide bonds. The van der Waals surface area contributed by atoms with Crippen LogP contribution in [0, 0.1) is 0 Å². The Morgan fingerprint density at radius 1 is 1.06 bits per heavy atom. The van der Waals surface area contributed by atoms with E-state index in [1.54, 1.807) is 15.8 Å². The van der Waals surface area contributed by atoms with Crippen LogP contribution in [0.5, 0.6) is 0 Å². The summed E-state index contributed by atoms with van der Waals surface area (Å²) < 4.78 is 37.4. The van der Waals surface area contributed by atoms with Crippen LogP contribution in [0.2, 0.25) is 36.3 Å². The van der Waals surface area contributed by atoms with Gasteiger partial charge in [-0.25, -0.2) is 9.37 Å². The number of nitrogen functional groups attached to an aromatic ring is 1. The molecule has 2 aromatic rings. The Bertz CT molecular complexity index is 1080. The summed E-state index contributed by atoms with van der Waals surface area (Å²) in [5, 5.41) is -0.0624. The van der Waals surface area contributed by atoms with Gasteiger partial charge in [0.15, 0.2) is 46.0 Å². The van der Waals surface area contributed by atoms with Gasteiger partial charge in [-0.2, -0.15) is 9.97 Å². The van der Waals surface area contributed by atoms with Gasteiger partial charge in [0.2, 0.25) is 5.95 Å². The van der Waals surface area contributed by atoms with E-state index >= 15 is 4.39 Å². The third-order valence-corrected chi connectivity index (χ3v) is 17.0. The first-order valence-corrected chi connectivity index (χ1v) is 18.4. The minimum absolute atomic E-state index is 0.0213. The molecule has 4 atom stereocenters. The van der Waals surface area contributed by atoms with E-state index in [1.165, 1.54) is 0 Å². The second-order valence-electron chi connectivity index (χ2n) is 13.0. The Hall–Kier alpha value is -1.61. The molecule has 2 N–H and O–H groups in total. The summed E-state index contributed by atoms with van der Waals surface area (Å²) in [5.41, 5.74) is 6.95. The molecule has 0 radical (unpaired) electrons. The van der Waals surface area contributed by atoms with Crippen LogP contribution >= 0.6 is 0 Å². The molecule has 1 saturated heterocycles. The fourth-order valence-corrected chi connectivity index (χ4v) is 5.96. The third-order valence-electron chi connectivity index (χ3n) is 8.04. The molecule has 0 spiro atoms. The van der Waals surface area contributed by atoms with Crippen LogP contribution in [0.25, 0.3) is 11.2 Å². The molecule has 0 unspecified atom stereocenters. The Balaban J connectivity index is 2.00. The van der Waals surface area contributed by atoms with Crippen LogP contribution in [-0.2, 0) is 13.6 Å². The molecule has 2 aromatic heterocycles. The van der Waals surface area contributed by atoms with Crippen molar-refractivity contribution in [2.75, 3.05) is 31.3 Å². The second-order valence-corrected chi connectivity index (χ2v) is 22.6. The SMILES string of the molecule is CN(C)c1nc(N)nc2c1ncn2[C@@H]1O[C@H](CO[Si](C)(C)C(C)(C)C)[C@@H](O[Si](C)(C)C(C)(C)C)[C@H]1F. The van der Waals surface area contributed by atoms with E-state index in [0.717, 1.165) is 0 Å². The van der Waals surface area contributed by atoms with Gasteiger partial charge in [-0.3, -0.25) is 4.57 Å². The number of ether oxygens (including phenoxy) is 1. The highest BCUT2D eigenvalue weighted by Crippen LogP contribution is 2.44. The van der Waals surface area contributed by atoms with Crippen molar-refractivity contribution in [1.82, 2.24) is 19.5 Å². The lowest BCUT2D eigenvalue weighted by atomic mass is 10.1. The standard InChI is InChI=1S/C24H45FN6O3Si2/c1-23(2,3)35(9,10)32-13-15-18(34-36(11,12)24(4,5)6)16(25)21(33-15)31-14-27-17-19(30(7)8)28-22(26)29-20(17)31/h14-16,18,21H,13H2,1-12H3,(H2,26,28,29)/t15-,16-,18-,21-/m1/s1. The van der Waals surface area contributed by atoms with Crippen molar-refractivity contribution in [3.63, 3.8) is 0 Å². The average molecular weight is 541 g/mol. The normalized spacial score (nSPS) is 24.0. The highest BCUT2D eigenvalue weighted by molar-refractivity contribution is 6.74. The third kappa shape index (κ3) is 5.47. The van der Waals surface area contributed by atoms with Gasteiger partial charge >= 0.3 is 0 Å². The number of nitrogens with zero attached hydrogens (tertiary/aromatic N) is 5. The van der Waals surface area contributed by atoms with Crippen LogP contribution in [0.1, 0.15) is 47.8 Å². The molecule has 0 aliphatic carbocycles. The van der Waals surface area contributed by atoms with Gasteiger partial charge in [-0.05, 0) is 36.3 Å². The molecule has 1 aliphatic heterocycles. The quantitative estimate of drug-likeness (QED) is 0.483. The van der Waals surface area contributed by atoms with Crippen molar-refractivity contribution < 1.29 is 18.0 Å². The number of anilines is 2. The van der Waals surface area contributed by atoms with Gasteiger partial charge in [0.05, 0.1) is 12.9 Å². The van der Waals surface area contributed by atoms with Gasteiger partial charge in [-0.15, -0.1) is 0 Å². The van der Waals surface area contributed by atoms with E-state index in [-0.39, 0.29) is 22.6 Å². The number of imidazole rings is 1. The Morgan fingerprint density at radius 2 is 1.64 bits per heavy atom. The molecule has 1 aliphatic rings. The zero-order chi connectivity index (χ0) is 27.4. The second kappa shape index (κ2) is 9.61. The zero-order valence-electron chi connectivity index (χ0n) is 24.0. The van der Waals surface area contributed by atoms with E-state index in [0.29, 0.717) is 17.0 Å². The molecular weight excluding hydrogens is 495 g/mol. The Kier molecular flexibility index (Phi) is 7.73. The summed E-state index contributed by atoms with van der Waals surface area (Å²) in [6.45, 7) is 21.9. The minimum atomic E-state index is -2.31. The van der Waals surface area contributed by atoms with Crippen molar-refractivity contribution in [1.29, 1.82) is 0 Å². The summed E-state index contributed by atoms with van der Waals surface area (Å²) in [5.74, 6) is 0.657. The minimum Gasteiger partial charge on any atom is -0.414 e. The maximum Gasteiger partial charge on any atom is 0.224 e. The first-order chi connectivity index (χ1) is 16.3. The molecule has 12 heteroatoms. The molecule has 0 bridgehead atoms. The molecule has 9 nitrogen and oxygen atoms in total. The lowest BCUT2D eigenvalue weighted by Gasteiger charge is -2.40. The number of halogens is 1. The fourth-order valence-electron chi connectivity index (χ4n) is 3.63. The first-order valence-electron chi connectivity index (χ1n) is 12.6. The number of alkyl halides is 1. The van der Waals surface area contributed by atoms with Crippen molar-refractivity contribution in [3.8, 4) is 0 Å². The zero-order valence-corrected chi connectivity index (χ0v) is 26.0. The van der Waals surface area contributed by atoms with Crippen molar-refractivity contribution in [3.05, 3.63) is 6.33 Å². The molecule has 204 valence electrons. The summed E-state index contributed by atoms with van der Waals surface area (Å²) in [6, 6.07) is 0. The summed E-state index contributed by atoms with van der Waals surface area (Å²) in [7, 11) is -0.697. The van der Waals surface area contributed by atoms with E-state index in [4.69, 9.17) is 19.3 Å². The highest BCUT2D eigenvalue weighted by Gasteiger charge is 2.52. The van der Waals surface area contributed by atoms with Crippen LogP contribution in [0.4, 0.5) is 16.2 Å². The number of fused-ring (bicyclic) bond motifs is 1. The van der Waals surface area contributed by atoms with Crippen molar-refractivity contribution in [2.24, 2.45) is 0 Å². The Labute approximate surface area is 217 Å². The van der Waals surface area contributed by atoms with E-state index in [9.17, 15) is 0 Å². The van der Waals surface area contributed by atoms with Crippen LogP contribution in [0.15, 0.2) is 6.33 Å². The predicted octanol–water partition coefficient (Wildman–Crippen LogP) is 5.12. The molecular formula is C24H45FN6O3Si2. The van der Waals surface area contributed by atoms with Crippen LogP contribution in [-0.4, -0.2) is 75.2 Å². The van der Waals surface area contributed by atoms with Gasteiger partial charge in [0.25, 0.3) is 0 Å². The van der Waals surface area contributed by atoms with E-state index in [1.807, 2.05) is 14.1 Å². The number of rotatable bonds is 7. The average Bonchev–Trinajstić information content (AvgIpc) is 3.25. The van der Waals surface area contributed by atoms with Crippen LogP contribution in [0.3, 0.4) is 0 Å². The number of hydrogen-bond donors (Lipinski definition) is 1. The predicted molar refractivity (Wildman–Crippen MR) is 148 cm³/mol. The molecule has 36 heavy (non-hydrogen) atoms. The first kappa shape index (κ1) is 29.0. The largest absolute Gasteiger partial charge is 0.414 e. The highest BCUT2D eigenvalue weighted by atomic mass is 28.4. The number of aromatic nitrogens is 4. The summed E-state index contributed by atoms with van der Waals surface area (Å²) >= 11 is 0. The maximum atomic E-state index is 16.3. The molecule has 3 rings (SSSR count). The van der Waals surface area contributed by atoms with Crippen molar-refractivity contribution in [2.45, 2.75) is 102 Å². The van der Waals surface area contributed by atoms with Crippen LogP contribution < -0.4 is 10.6 Å². The van der Waals surface area contributed by atoms with Gasteiger partial charge in [0.1, 0.15) is 12.2 Å². The fraction of sp³-hybridized carbons (Fsp3) is 0.792. The maximum absolute atomic E-state index is 16.3.